The van der Waals surface area contributed by atoms with Gasteiger partial charge in [-0.15, -0.1) is 0 Å². The van der Waals surface area contributed by atoms with Crippen molar-refractivity contribution in [3.05, 3.63) is 35.1 Å². The molecule has 1 aromatic carbocycles. The van der Waals surface area contributed by atoms with Gasteiger partial charge >= 0.3 is 0 Å². The molecule has 1 aliphatic carbocycles. The lowest BCUT2D eigenvalue weighted by Gasteiger charge is -2.06. The molecular weight excluding hydrogens is 302 g/mol. The van der Waals surface area contributed by atoms with Crippen LogP contribution in [-0.4, -0.2) is 25.7 Å². The van der Waals surface area contributed by atoms with Gasteiger partial charge in [0.25, 0.3) is 0 Å². The number of furan rings is 1. The second kappa shape index (κ2) is 8.34. The third kappa shape index (κ3) is 4.18. The summed E-state index contributed by atoms with van der Waals surface area (Å²) in [5.41, 5.74) is 4.70. The van der Waals surface area contributed by atoms with Crippen molar-refractivity contribution in [2.75, 3.05) is 19.8 Å². The molecule has 3 rings (SSSR count). The summed E-state index contributed by atoms with van der Waals surface area (Å²) in [7, 11) is 0. The van der Waals surface area contributed by atoms with Crippen LogP contribution in [0.4, 0.5) is 0 Å². The molecule has 0 unspecified atom stereocenters. The number of carbonyl (C=O) groups excluding carboxylic acids is 1. The Morgan fingerprint density at radius 2 is 2.00 bits per heavy atom. The number of unbranched alkanes of at least 4 members (excludes halogenated alkanes) is 1. The van der Waals surface area contributed by atoms with E-state index in [-0.39, 0.29) is 5.91 Å². The number of rotatable bonds is 9. The molecule has 0 radical (unpaired) electrons. The number of benzene rings is 1. The van der Waals surface area contributed by atoms with Gasteiger partial charge in [0, 0.05) is 30.7 Å². The maximum absolute atomic E-state index is 12.1. The third-order valence-corrected chi connectivity index (χ3v) is 4.65. The van der Waals surface area contributed by atoms with E-state index in [2.05, 4.69) is 24.4 Å². The molecule has 0 saturated carbocycles. The molecule has 1 amide bonds. The summed E-state index contributed by atoms with van der Waals surface area (Å²) in [4.78, 5) is 12.1. The lowest BCUT2D eigenvalue weighted by atomic mass is 10.0. The fourth-order valence-corrected chi connectivity index (χ4v) is 3.27. The van der Waals surface area contributed by atoms with E-state index in [1.807, 2.05) is 0 Å². The molecule has 0 aliphatic heterocycles. The van der Waals surface area contributed by atoms with Crippen LogP contribution in [-0.2, 0) is 28.8 Å². The van der Waals surface area contributed by atoms with E-state index < -0.39 is 0 Å². The SMILES string of the molecule is CCCCOCCCNC(=O)Cc1coc2cc3c(cc12)CCC3. The highest BCUT2D eigenvalue weighted by atomic mass is 16.5. The topological polar surface area (TPSA) is 51.5 Å². The lowest BCUT2D eigenvalue weighted by molar-refractivity contribution is -0.120. The van der Waals surface area contributed by atoms with Gasteiger partial charge in [-0.1, -0.05) is 13.3 Å². The highest BCUT2D eigenvalue weighted by molar-refractivity contribution is 5.88. The number of nitrogens with one attached hydrogen (secondary N) is 1. The van der Waals surface area contributed by atoms with Crippen LogP contribution in [0.2, 0.25) is 0 Å². The van der Waals surface area contributed by atoms with Gasteiger partial charge in [0.15, 0.2) is 0 Å². The minimum absolute atomic E-state index is 0.0479. The number of fused-ring (bicyclic) bond motifs is 2. The molecular formula is C20H27NO3. The smallest absolute Gasteiger partial charge is 0.224 e. The molecule has 0 spiro atoms. The zero-order valence-corrected chi connectivity index (χ0v) is 14.5. The Hall–Kier alpha value is -1.81. The molecule has 2 aromatic rings. The van der Waals surface area contributed by atoms with E-state index in [1.165, 1.54) is 17.5 Å². The van der Waals surface area contributed by atoms with Crippen molar-refractivity contribution in [1.82, 2.24) is 5.32 Å². The third-order valence-electron chi connectivity index (χ3n) is 4.65. The Morgan fingerprint density at radius 1 is 1.21 bits per heavy atom. The number of hydrogen-bond donors (Lipinski definition) is 1. The van der Waals surface area contributed by atoms with E-state index in [4.69, 9.17) is 9.15 Å². The first-order valence-electron chi connectivity index (χ1n) is 9.14. The summed E-state index contributed by atoms with van der Waals surface area (Å²) in [6.07, 6.45) is 8.72. The van der Waals surface area contributed by atoms with Crippen molar-refractivity contribution >= 4 is 16.9 Å². The van der Waals surface area contributed by atoms with Crippen LogP contribution >= 0.6 is 0 Å². The number of aryl methyl sites for hydroxylation is 2. The van der Waals surface area contributed by atoms with Crippen LogP contribution in [0, 0.1) is 0 Å². The minimum Gasteiger partial charge on any atom is -0.464 e. The molecule has 1 heterocycles. The molecule has 0 bridgehead atoms. The fraction of sp³-hybridized carbons (Fsp3) is 0.550. The van der Waals surface area contributed by atoms with Crippen LogP contribution in [0.15, 0.2) is 22.8 Å². The van der Waals surface area contributed by atoms with Gasteiger partial charge in [-0.2, -0.15) is 0 Å². The normalized spacial score (nSPS) is 13.4. The average Bonchev–Trinajstić information content (AvgIpc) is 3.19. The van der Waals surface area contributed by atoms with Gasteiger partial charge in [-0.05, 0) is 55.4 Å². The van der Waals surface area contributed by atoms with Crippen molar-refractivity contribution in [3.63, 3.8) is 0 Å². The second-order valence-corrected chi connectivity index (χ2v) is 6.58. The molecule has 1 aromatic heterocycles. The Bertz CT molecular complexity index is 689. The van der Waals surface area contributed by atoms with Crippen LogP contribution in [0.25, 0.3) is 11.0 Å². The quantitative estimate of drug-likeness (QED) is 0.712. The number of carbonyl (C=O) groups is 1. The van der Waals surface area contributed by atoms with Crippen molar-refractivity contribution in [2.24, 2.45) is 0 Å². The zero-order chi connectivity index (χ0) is 16.8. The van der Waals surface area contributed by atoms with Crippen LogP contribution in [0.1, 0.15) is 49.3 Å². The van der Waals surface area contributed by atoms with Gasteiger partial charge in [-0.25, -0.2) is 0 Å². The predicted octanol–water partition coefficient (Wildman–Crippen LogP) is 3.79. The second-order valence-electron chi connectivity index (χ2n) is 6.58. The molecule has 1 aliphatic rings. The van der Waals surface area contributed by atoms with Gasteiger partial charge < -0.3 is 14.5 Å². The summed E-state index contributed by atoms with van der Waals surface area (Å²) in [5.74, 6) is 0.0479. The maximum Gasteiger partial charge on any atom is 0.224 e. The Balaban J connectivity index is 1.47. The Labute approximate surface area is 143 Å². The van der Waals surface area contributed by atoms with E-state index in [0.29, 0.717) is 19.6 Å². The average molecular weight is 329 g/mol. The molecule has 4 heteroatoms. The zero-order valence-electron chi connectivity index (χ0n) is 14.5. The molecule has 0 fully saturated rings. The van der Waals surface area contributed by atoms with Crippen molar-refractivity contribution in [1.29, 1.82) is 0 Å². The van der Waals surface area contributed by atoms with Crippen LogP contribution in [0.3, 0.4) is 0 Å². The lowest BCUT2D eigenvalue weighted by Crippen LogP contribution is -2.26. The summed E-state index contributed by atoms with van der Waals surface area (Å²) in [6.45, 7) is 4.34. The van der Waals surface area contributed by atoms with Gasteiger partial charge in [-0.3, -0.25) is 4.79 Å². The first-order chi connectivity index (χ1) is 11.8. The summed E-state index contributed by atoms with van der Waals surface area (Å²) in [5, 5.41) is 4.06. The Morgan fingerprint density at radius 3 is 2.83 bits per heavy atom. The van der Waals surface area contributed by atoms with E-state index >= 15 is 0 Å². The molecule has 0 saturated heterocycles. The molecule has 130 valence electrons. The summed E-state index contributed by atoms with van der Waals surface area (Å²) in [6, 6.07) is 4.36. The summed E-state index contributed by atoms with van der Waals surface area (Å²) >= 11 is 0. The minimum atomic E-state index is 0.0479. The van der Waals surface area contributed by atoms with Crippen LogP contribution < -0.4 is 5.32 Å². The van der Waals surface area contributed by atoms with Crippen molar-refractivity contribution < 1.29 is 13.9 Å². The fourth-order valence-electron chi connectivity index (χ4n) is 3.27. The molecule has 1 N–H and O–H groups in total. The maximum atomic E-state index is 12.1. The van der Waals surface area contributed by atoms with Crippen molar-refractivity contribution in [2.45, 2.75) is 51.9 Å². The van der Waals surface area contributed by atoms with E-state index in [1.54, 1.807) is 6.26 Å². The van der Waals surface area contributed by atoms with Gasteiger partial charge in [0.2, 0.25) is 5.91 Å². The number of ether oxygens (including phenoxy) is 1. The first-order valence-corrected chi connectivity index (χ1v) is 9.14. The highest BCUT2D eigenvalue weighted by Crippen LogP contribution is 2.30. The summed E-state index contributed by atoms with van der Waals surface area (Å²) < 4.78 is 11.2. The molecule has 24 heavy (non-hydrogen) atoms. The number of amides is 1. The van der Waals surface area contributed by atoms with Crippen LogP contribution in [0.5, 0.6) is 0 Å². The number of hydrogen-bond acceptors (Lipinski definition) is 3. The molecule has 0 atom stereocenters. The highest BCUT2D eigenvalue weighted by Gasteiger charge is 2.16. The Kier molecular flexibility index (Phi) is 5.91. The standard InChI is InChI=1S/C20H27NO3/c1-2-3-9-23-10-5-8-21-20(22)13-17-14-24-19-12-16-7-4-6-15(16)11-18(17)19/h11-12,14H,2-10,13H2,1H3,(H,21,22). The molecule has 4 nitrogen and oxygen atoms in total. The monoisotopic (exact) mass is 329 g/mol. The van der Waals surface area contributed by atoms with Gasteiger partial charge in [0.05, 0.1) is 12.7 Å². The first kappa shape index (κ1) is 17.0. The largest absolute Gasteiger partial charge is 0.464 e. The van der Waals surface area contributed by atoms with Crippen molar-refractivity contribution in [3.8, 4) is 0 Å². The predicted molar refractivity (Wildman–Crippen MR) is 95.3 cm³/mol. The van der Waals surface area contributed by atoms with E-state index in [9.17, 15) is 4.79 Å². The van der Waals surface area contributed by atoms with E-state index in [0.717, 1.165) is 55.2 Å². The van der Waals surface area contributed by atoms with Gasteiger partial charge in [0.1, 0.15) is 5.58 Å².